The second-order valence-corrected chi connectivity index (χ2v) is 8.74. The molecule has 64 valence electrons. The number of para-hydroxylation sites is 1. The second kappa shape index (κ2) is 2.58. The van der Waals surface area contributed by atoms with Crippen LogP contribution in [0.1, 0.15) is 5.56 Å². The van der Waals surface area contributed by atoms with Gasteiger partial charge in [0, 0.05) is 25.1 Å². The number of hydrogen-bond acceptors (Lipinski definition) is 1. The van der Waals surface area contributed by atoms with Crippen LogP contribution in [0, 0.1) is 0 Å². The monoisotopic (exact) mass is 197 g/mol. The Morgan fingerprint density at radius 3 is 2.75 bits per heavy atom. The van der Waals surface area contributed by atoms with Crippen molar-refractivity contribution in [3.63, 3.8) is 0 Å². The van der Waals surface area contributed by atoms with Gasteiger partial charge in [0.2, 0.25) is 0 Å². The van der Waals surface area contributed by atoms with Crippen LogP contribution < -0.4 is 4.67 Å². The Morgan fingerprint density at radius 1 is 1.42 bits per heavy atom. The summed E-state index contributed by atoms with van der Waals surface area (Å²) in [5, 5.41) is 0. The van der Waals surface area contributed by atoms with E-state index in [0.29, 0.717) is 0 Å². The van der Waals surface area contributed by atoms with Crippen molar-refractivity contribution < 1.29 is 0 Å². The van der Waals surface area contributed by atoms with Gasteiger partial charge in [0.05, 0.1) is 0 Å². The number of anilines is 1. The van der Waals surface area contributed by atoms with Crippen LogP contribution in [-0.4, -0.2) is 13.7 Å². The maximum absolute atomic E-state index is 5.57. The Hall–Kier alpha value is -0.330. The van der Waals surface area contributed by atoms with Gasteiger partial charge in [-0.05, 0) is 18.3 Å². The number of hydrogen-bond donors (Lipinski definition) is 0. The lowest BCUT2D eigenvalue weighted by molar-refractivity contribution is 1.35. The van der Waals surface area contributed by atoms with Crippen LogP contribution in [0.25, 0.3) is 0 Å². The molecular formula is C9H12NPS. The standard InChI is InChI=1S/C9H12NPS/c1-10-9-6-4-3-5-8(9)7-11(10,2)12/h3-6H,7H2,1-2H3. The van der Waals surface area contributed by atoms with Crippen molar-refractivity contribution in [2.45, 2.75) is 6.16 Å². The number of nitrogens with zero attached hydrogens (tertiary/aromatic N) is 1. The van der Waals surface area contributed by atoms with Crippen molar-refractivity contribution in [1.29, 1.82) is 0 Å². The van der Waals surface area contributed by atoms with Gasteiger partial charge in [0.25, 0.3) is 0 Å². The molecule has 0 bridgehead atoms. The lowest BCUT2D eigenvalue weighted by Gasteiger charge is -2.22. The summed E-state index contributed by atoms with van der Waals surface area (Å²) in [5.41, 5.74) is 2.76. The molecule has 0 amide bonds. The molecule has 1 aliphatic rings. The molecule has 1 aromatic carbocycles. The first-order chi connectivity index (χ1) is 5.61. The van der Waals surface area contributed by atoms with Crippen LogP contribution in [0.3, 0.4) is 0 Å². The summed E-state index contributed by atoms with van der Waals surface area (Å²) in [5.74, 6) is 0. The molecule has 3 heteroatoms. The van der Waals surface area contributed by atoms with Crippen molar-refractivity contribution in [2.75, 3.05) is 18.4 Å². The summed E-state index contributed by atoms with van der Waals surface area (Å²) in [7, 11) is 2.12. The van der Waals surface area contributed by atoms with E-state index in [1.165, 1.54) is 11.3 Å². The van der Waals surface area contributed by atoms with Gasteiger partial charge in [-0.25, -0.2) is 0 Å². The van der Waals surface area contributed by atoms with Gasteiger partial charge in [-0.3, -0.25) is 0 Å². The molecule has 1 aromatic rings. The van der Waals surface area contributed by atoms with E-state index in [2.05, 4.69) is 42.6 Å². The third-order valence-electron chi connectivity index (χ3n) is 2.44. The quantitative estimate of drug-likeness (QED) is 0.588. The normalized spacial score (nSPS) is 27.3. The minimum atomic E-state index is -1.25. The highest BCUT2D eigenvalue weighted by Gasteiger charge is 2.27. The Balaban J connectivity index is 2.57. The maximum Gasteiger partial charge on any atom is 0.0438 e. The second-order valence-electron chi connectivity index (χ2n) is 3.36. The summed E-state index contributed by atoms with van der Waals surface area (Å²) in [6, 6.07) is 8.51. The zero-order valence-electron chi connectivity index (χ0n) is 7.32. The molecule has 0 saturated heterocycles. The summed E-state index contributed by atoms with van der Waals surface area (Å²) < 4.78 is 2.29. The van der Waals surface area contributed by atoms with Gasteiger partial charge in [0.15, 0.2) is 0 Å². The molecule has 0 saturated carbocycles. The largest absolute Gasteiger partial charge is 0.346 e. The smallest absolute Gasteiger partial charge is 0.0438 e. The van der Waals surface area contributed by atoms with Crippen LogP contribution in [0.2, 0.25) is 0 Å². The summed E-state index contributed by atoms with van der Waals surface area (Å²) >= 11 is 5.57. The number of rotatable bonds is 0. The molecule has 0 N–H and O–H groups in total. The zero-order valence-corrected chi connectivity index (χ0v) is 9.03. The highest BCUT2D eigenvalue weighted by atomic mass is 32.4. The molecule has 0 radical (unpaired) electrons. The molecule has 1 aliphatic heterocycles. The minimum absolute atomic E-state index is 1.09. The van der Waals surface area contributed by atoms with Crippen LogP contribution >= 0.6 is 6.19 Å². The zero-order chi connectivity index (χ0) is 8.77. The molecule has 1 nitrogen and oxygen atoms in total. The van der Waals surface area contributed by atoms with E-state index in [9.17, 15) is 0 Å². The fourth-order valence-electron chi connectivity index (χ4n) is 1.61. The summed E-state index contributed by atoms with van der Waals surface area (Å²) in [6.07, 6.45) is -0.157. The van der Waals surface area contributed by atoms with Gasteiger partial charge >= 0.3 is 0 Å². The van der Waals surface area contributed by atoms with E-state index in [0.717, 1.165) is 6.16 Å². The van der Waals surface area contributed by atoms with E-state index in [4.69, 9.17) is 11.8 Å². The lowest BCUT2D eigenvalue weighted by Crippen LogP contribution is -2.06. The van der Waals surface area contributed by atoms with Crippen LogP contribution in [-0.2, 0) is 18.0 Å². The Labute approximate surface area is 78.5 Å². The molecule has 0 aliphatic carbocycles. The van der Waals surface area contributed by atoms with Gasteiger partial charge < -0.3 is 4.67 Å². The molecule has 1 unspecified atom stereocenters. The predicted octanol–water partition coefficient (Wildman–Crippen LogP) is 2.66. The Kier molecular flexibility index (Phi) is 1.78. The van der Waals surface area contributed by atoms with E-state index in [1.807, 2.05) is 0 Å². The van der Waals surface area contributed by atoms with E-state index in [-0.39, 0.29) is 0 Å². The first-order valence-corrected chi connectivity index (χ1v) is 7.39. The Morgan fingerprint density at radius 2 is 2.08 bits per heavy atom. The maximum atomic E-state index is 5.57. The van der Waals surface area contributed by atoms with Crippen molar-refractivity contribution in [3.8, 4) is 0 Å². The van der Waals surface area contributed by atoms with E-state index >= 15 is 0 Å². The average molecular weight is 197 g/mol. The Bertz CT molecular complexity index is 361. The van der Waals surface area contributed by atoms with Gasteiger partial charge in [-0.2, -0.15) is 0 Å². The molecule has 1 heterocycles. The van der Waals surface area contributed by atoms with Crippen molar-refractivity contribution in [1.82, 2.24) is 0 Å². The highest BCUT2D eigenvalue weighted by molar-refractivity contribution is 8.14. The van der Waals surface area contributed by atoms with Crippen molar-refractivity contribution in [3.05, 3.63) is 29.8 Å². The van der Waals surface area contributed by atoms with Crippen LogP contribution in [0.5, 0.6) is 0 Å². The van der Waals surface area contributed by atoms with E-state index < -0.39 is 6.19 Å². The fourth-order valence-corrected chi connectivity index (χ4v) is 4.05. The van der Waals surface area contributed by atoms with Crippen molar-refractivity contribution >= 4 is 23.7 Å². The molecular weight excluding hydrogens is 185 g/mol. The third kappa shape index (κ3) is 1.10. The summed E-state index contributed by atoms with van der Waals surface area (Å²) in [4.78, 5) is 0. The van der Waals surface area contributed by atoms with Gasteiger partial charge in [0.1, 0.15) is 0 Å². The fraction of sp³-hybridized carbons (Fsp3) is 0.333. The van der Waals surface area contributed by atoms with Gasteiger partial charge in [-0.15, -0.1) is 0 Å². The third-order valence-corrected chi connectivity index (χ3v) is 5.97. The number of benzene rings is 1. The minimum Gasteiger partial charge on any atom is -0.346 e. The van der Waals surface area contributed by atoms with Gasteiger partial charge in [-0.1, -0.05) is 30.0 Å². The SMILES string of the molecule is CN1c2ccccc2CP1(C)=S. The highest BCUT2D eigenvalue weighted by Crippen LogP contribution is 2.57. The average Bonchev–Trinajstić information content (AvgIpc) is 2.24. The summed E-state index contributed by atoms with van der Waals surface area (Å²) in [6.45, 7) is 2.21. The molecule has 0 spiro atoms. The molecule has 0 fully saturated rings. The van der Waals surface area contributed by atoms with Crippen LogP contribution in [0.4, 0.5) is 5.69 Å². The lowest BCUT2D eigenvalue weighted by atomic mass is 10.2. The topological polar surface area (TPSA) is 3.24 Å². The van der Waals surface area contributed by atoms with E-state index in [1.54, 1.807) is 0 Å². The molecule has 1 atom stereocenters. The van der Waals surface area contributed by atoms with Crippen molar-refractivity contribution in [2.24, 2.45) is 0 Å². The first-order valence-electron chi connectivity index (χ1n) is 4.00. The molecule has 2 rings (SSSR count). The predicted molar refractivity (Wildman–Crippen MR) is 58.8 cm³/mol. The number of fused-ring (bicyclic) bond motifs is 1. The van der Waals surface area contributed by atoms with Crippen LogP contribution in [0.15, 0.2) is 24.3 Å². The first kappa shape index (κ1) is 8.28. The molecule has 12 heavy (non-hydrogen) atoms. The molecule has 0 aromatic heterocycles.